The van der Waals surface area contributed by atoms with Crippen LogP contribution in [-0.2, 0) is 20.8 Å². The Balaban J connectivity index is 1.22. The maximum absolute atomic E-state index is 14.5. The molecular weight excluding hydrogens is 702 g/mol. The second kappa shape index (κ2) is 17.9. The van der Waals surface area contributed by atoms with Crippen LogP contribution >= 0.6 is 0 Å². The van der Waals surface area contributed by atoms with Gasteiger partial charge in [-0.05, 0) is 99.4 Å². The third-order valence-electron chi connectivity index (χ3n) is 12.0. The molecule has 0 spiro atoms. The second-order valence-electron chi connectivity index (χ2n) is 17.0. The topological polar surface area (TPSA) is 72.8 Å². The molecule has 8 heteroatoms. The number of carbonyl (C=O) groups excluding carboxylic acids is 2. The summed E-state index contributed by atoms with van der Waals surface area (Å²) < 4.78 is 29.8. The van der Waals surface area contributed by atoms with Crippen molar-refractivity contribution in [2.24, 2.45) is 0 Å². The van der Waals surface area contributed by atoms with E-state index in [1.807, 2.05) is 74.5 Å². The van der Waals surface area contributed by atoms with Crippen LogP contribution in [0.4, 0.5) is 10.1 Å². The van der Waals surface area contributed by atoms with Gasteiger partial charge in [-0.3, -0.25) is 9.59 Å². The Morgan fingerprint density at radius 2 is 1.36 bits per heavy atom. The average molecular weight is 762 g/mol. The summed E-state index contributed by atoms with van der Waals surface area (Å²) in [5, 5.41) is 3.17. The van der Waals surface area contributed by atoms with Gasteiger partial charge in [-0.2, -0.15) is 0 Å². The number of para-hydroxylation sites is 1. The molecule has 2 heterocycles. The van der Waals surface area contributed by atoms with Gasteiger partial charge in [-0.1, -0.05) is 101 Å². The van der Waals surface area contributed by atoms with Crippen molar-refractivity contribution in [3.8, 4) is 22.4 Å². The van der Waals surface area contributed by atoms with Crippen LogP contribution < -0.4 is 5.32 Å². The number of ether oxygens (including phenoxy) is 2. The summed E-state index contributed by atoms with van der Waals surface area (Å²) in [5.74, 6) is -1.16. The first-order valence-electron chi connectivity index (χ1n) is 21.2. The van der Waals surface area contributed by atoms with Crippen LogP contribution in [0.3, 0.4) is 0 Å². The molecule has 1 saturated heterocycles. The Morgan fingerprint density at radius 3 is 1.95 bits per heavy atom. The highest BCUT2D eigenvalue weighted by atomic mass is 19.1. The molecule has 3 fully saturated rings. The molecule has 7 nitrogen and oxygen atoms in total. The molecule has 4 aromatic rings. The molecule has 0 bridgehead atoms. The lowest BCUT2D eigenvalue weighted by Crippen LogP contribution is -2.51. The summed E-state index contributed by atoms with van der Waals surface area (Å²) in [5.41, 5.74) is 5.65. The van der Waals surface area contributed by atoms with E-state index in [4.69, 9.17) is 9.47 Å². The molecule has 7 rings (SSSR count). The predicted molar refractivity (Wildman–Crippen MR) is 222 cm³/mol. The summed E-state index contributed by atoms with van der Waals surface area (Å²) in [6.45, 7) is 8.70. The molecule has 3 aliphatic rings. The van der Waals surface area contributed by atoms with E-state index >= 15 is 0 Å². The number of hydrogen-bond donors (Lipinski definition) is 1. The minimum atomic E-state index is -0.859. The number of aromatic nitrogens is 1. The summed E-state index contributed by atoms with van der Waals surface area (Å²) in [6.07, 6.45) is 12.9. The Morgan fingerprint density at radius 1 is 0.786 bits per heavy atom. The number of carbonyl (C=O) groups is 2. The average Bonchev–Trinajstić information content (AvgIpc) is 3.54. The Kier molecular flexibility index (Phi) is 12.8. The molecule has 3 aromatic carbocycles. The van der Waals surface area contributed by atoms with E-state index in [-0.39, 0.29) is 35.8 Å². The zero-order valence-corrected chi connectivity index (χ0v) is 33.8. The number of nitrogens with one attached hydrogen (secondary N) is 1. The fourth-order valence-electron chi connectivity index (χ4n) is 9.73. The third kappa shape index (κ3) is 9.29. The van der Waals surface area contributed by atoms with Crippen LogP contribution in [0.5, 0.6) is 0 Å². The van der Waals surface area contributed by atoms with Gasteiger partial charge in [0.15, 0.2) is 5.79 Å². The van der Waals surface area contributed by atoms with Crippen LogP contribution in [0.2, 0.25) is 0 Å². The Hall–Kier alpha value is -4.27. The van der Waals surface area contributed by atoms with Gasteiger partial charge >= 0.3 is 0 Å². The lowest BCUT2D eigenvalue weighted by molar-refractivity contribution is -0.300. The lowest BCUT2D eigenvalue weighted by Gasteiger charge is -2.44. The number of rotatable bonds is 12. The van der Waals surface area contributed by atoms with Crippen molar-refractivity contribution in [1.82, 2.24) is 9.47 Å². The van der Waals surface area contributed by atoms with Crippen LogP contribution in [0, 0.1) is 5.82 Å². The predicted octanol–water partition coefficient (Wildman–Crippen LogP) is 11.5. The van der Waals surface area contributed by atoms with Gasteiger partial charge in [0.1, 0.15) is 5.82 Å². The third-order valence-corrected chi connectivity index (χ3v) is 12.0. The maximum Gasteiger partial charge on any atom is 0.258 e. The van der Waals surface area contributed by atoms with Gasteiger partial charge in [0.05, 0.1) is 29.9 Å². The van der Waals surface area contributed by atoms with E-state index in [9.17, 15) is 14.0 Å². The minimum Gasteiger partial charge on any atom is -0.347 e. The van der Waals surface area contributed by atoms with Gasteiger partial charge < -0.3 is 24.3 Å². The number of hydrogen-bond acceptors (Lipinski definition) is 4. The molecule has 0 radical (unpaired) electrons. The molecule has 2 amide bonds. The van der Waals surface area contributed by atoms with Crippen LogP contribution in [0.25, 0.3) is 22.4 Å². The zero-order valence-electron chi connectivity index (χ0n) is 33.8. The summed E-state index contributed by atoms with van der Waals surface area (Å²) in [7, 11) is 0. The molecule has 1 aromatic heterocycles. The summed E-state index contributed by atoms with van der Waals surface area (Å²) in [4.78, 5) is 31.2. The van der Waals surface area contributed by atoms with Crippen molar-refractivity contribution >= 4 is 17.5 Å². The number of anilines is 1. The van der Waals surface area contributed by atoms with Crippen molar-refractivity contribution in [3.63, 3.8) is 0 Å². The monoisotopic (exact) mass is 761 g/mol. The molecule has 2 atom stereocenters. The van der Waals surface area contributed by atoms with E-state index in [1.54, 1.807) is 12.1 Å². The van der Waals surface area contributed by atoms with E-state index in [1.165, 1.54) is 50.7 Å². The molecule has 1 aliphatic heterocycles. The van der Waals surface area contributed by atoms with Gasteiger partial charge in [0, 0.05) is 42.0 Å². The van der Waals surface area contributed by atoms with Gasteiger partial charge in [0.25, 0.3) is 5.91 Å². The lowest BCUT2D eigenvalue weighted by atomic mass is 9.88. The molecular formula is C48H60FN3O4. The van der Waals surface area contributed by atoms with E-state index in [2.05, 4.69) is 28.6 Å². The van der Waals surface area contributed by atoms with E-state index in [0.29, 0.717) is 49.1 Å². The standard InChI is InChI=1S/C48H60FN3O4/c1-33(2)45-44(47(54)50-37-19-11-6-12-20-37)43(34-17-9-5-10-18-34)46(35-25-27-36(49)28-26-35)51(45)30-29-40-31-41(56-48(3,4)55-40)32-42(53)52(38-21-13-7-14-22-38)39-23-15-8-16-24-39/h5-6,9-12,17-20,25-28,33,38-41H,7-8,13-16,21-24,29-32H2,1-4H3,(H,50,54)/t40-,41-/m1/s1. The molecule has 298 valence electrons. The maximum atomic E-state index is 14.5. The fraction of sp³-hybridized carbons (Fsp3) is 0.500. The Labute approximate surface area is 333 Å². The van der Waals surface area contributed by atoms with Gasteiger partial charge in [0.2, 0.25) is 5.91 Å². The largest absolute Gasteiger partial charge is 0.347 e. The molecule has 56 heavy (non-hydrogen) atoms. The number of benzene rings is 3. The van der Waals surface area contributed by atoms with Gasteiger partial charge in [-0.15, -0.1) is 0 Å². The van der Waals surface area contributed by atoms with E-state index < -0.39 is 5.79 Å². The highest BCUT2D eigenvalue weighted by Crippen LogP contribution is 2.43. The van der Waals surface area contributed by atoms with Gasteiger partial charge in [-0.25, -0.2) is 4.39 Å². The Bertz CT molecular complexity index is 1890. The van der Waals surface area contributed by atoms with E-state index in [0.717, 1.165) is 53.8 Å². The van der Waals surface area contributed by atoms with Crippen molar-refractivity contribution < 1.29 is 23.5 Å². The van der Waals surface area contributed by atoms with Crippen molar-refractivity contribution in [2.75, 3.05) is 5.32 Å². The quantitative estimate of drug-likeness (QED) is 0.156. The highest BCUT2D eigenvalue weighted by molar-refractivity contribution is 6.12. The SMILES string of the molecule is CC(C)c1c(C(=O)Nc2ccccc2)c(-c2ccccc2)c(-c2ccc(F)cc2)n1CC[C@@H]1C[C@H](CC(=O)N(C2CCCCC2)C2CCCCC2)OC(C)(C)O1. The minimum absolute atomic E-state index is 0.0221. The zero-order chi connectivity index (χ0) is 39.2. The molecule has 1 N–H and O–H groups in total. The second-order valence-corrected chi connectivity index (χ2v) is 17.0. The smallest absolute Gasteiger partial charge is 0.258 e. The fourth-order valence-corrected chi connectivity index (χ4v) is 9.73. The van der Waals surface area contributed by atoms with Crippen LogP contribution in [-0.4, -0.2) is 51.4 Å². The number of amides is 2. The van der Waals surface area contributed by atoms with Crippen LogP contribution in [0.1, 0.15) is 133 Å². The first-order chi connectivity index (χ1) is 27.1. The highest BCUT2D eigenvalue weighted by Gasteiger charge is 2.40. The first-order valence-corrected chi connectivity index (χ1v) is 21.2. The summed E-state index contributed by atoms with van der Waals surface area (Å²) in [6, 6.07) is 26.8. The van der Waals surface area contributed by atoms with Crippen molar-refractivity contribution in [2.45, 2.75) is 154 Å². The molecule has 0 unspecified atom stereocenters. The first kappa shape index (κ1) is 39.9. The van der Waals surface area contributed by atoms with Crippen LogP contribution in [0.15, 0.2) is 84.9 Å². The number of halogens is 1. The van der Waals surface area contributed by atoms with Crippen molar-refractivity contribution in [1.29, 1.82) is 0 Å². The normalized spacial score (nSPS) is 20.5. The number of nitrogens with zero attached hydrogens (tertiary/aromatic N) is 2. The van der Waals surface area contributed by atoms with Crippen molar-refractivity contribution in [3.05, 3.63) is 102 Å². The molecule has 2 aliphatic carbocycles. The molecule has 2 saturated carbocycles. The summed E-state index contributed by atoms with van der Waals surface area (Å²) >= 11 is 0.